The standard InChI is InChI=1S/C23H25N3O2/c1-2-22(26-17-8-10-18(27)11-9-17)23(25)20-14-19(12-13-21(20)24)28-15-16-6-4-3-5-7-16/h2-10,12-14,18,25-27H,11,15,24H2,1H3/b22-2-,25-23?. The lowest BCUT2D eigenvalue weighted by atomic mass is 10.0. The summed E-state index contributed by atoms with van der Waals surface area (Å²) in [4.78, 5) is 0. The molecule has 0 bridgehead atoms. The maximum absolute atomic E-state index is 9.56. The van der Waals surface area contributed by atoms with Crippen molar-refractivity contribution >= 4 is 11.4 Å². The van der Waals surface area contributed by atoms with E-state index >= 15 is 0 Å². The lowest BCUT2D eigenvalue weighted by Crippen LogP contribution is -2.22. The zero-order valence-electron chi connectivity index (χ0n) is 15.9. The van der Waals surface area contributed by atoms with E-state index in [-0.39, 0.29) is 5.71 Å². The molecule has 2 aromatic rings. The van der Waals surface area contributed by atoms with Gasteiger partial charge in [-0.3, -0.25) is 5.41 Å². The summed E-state index contributed by atoms with van der Waals surface area (Å²) in [6, 6.07) is 15.3. The Kier molecular flexibility index (Phi) is 6.29. The number of allylic oxidation sites excluding steroid dienone is 3. The molecule has 2 aromatic carbocycles. The molecular weight excluding hydrogens is 350 g/mol. The Morgan fingerprint density at radius 1 is 1.29 bits per heavy atom. The normalized spacial score (nSPS) is 16.4. The van der Waals surface area contributed by atoms with Crippen LogP contribution in [0.5, 0.6) is 5.75 Å². The van der Waals surface area contributed by atoms with Crippen molar-refractivity contribution in [2.75, 3.05) is 5.73 Å². The Morgan fingerprint density at radius 3 is 2.75 bits per heavy atom. The zero-order chi connectivity index (χ0) is 19.9. The average Bonchev–Trinajstić information content (AvgIpc) is 2.73. The summed E-state index contributed by atoms with van der Waals surface area (Å²) >= 11 is 0. The van der Waals surface area contributed by atoms with Crippen molar-refractivity contribution in [2.45, 2.75) is 26.1 Å². The van der Waals surface area contributed by atoms with Crippen molar-refractivity contribution in [1.82, 2.24) is 5.32 Å². The van der Waals surface area contributed by atoms with Gasteiger partial charge in [-0.15, -0.1) is 0 Å². The summed E-state index contributed by atoms with van der Waals surface area (Å²) in [5.41, 5.74) is 10.1. The highest BCUT2D eigenvalue weighted by molar-refractivity contribution is 6.13. The number of rotatable bonds is 7. The van der Waals surface area contributed by atoms with Crippen molar-refractivity contribution in [2.24, 2.45) is 0 Å². The van der Waals surface area contributed by atoms with Gasteiger partial charge < -0.3 is 20.9 Å². The summed E-state index contributed by atoms with van der Waals surface area (Å²) in [6.07, 6.45) is 7.38. The van der Waals surface area contributed by atoms with Crippen molar-refractivity contribution in [3.8, 4) is 5.75 Å². The second kappa shape index (κ2) is 9.06. The number of ether oxygens (including phenoxy) is 1. The van der Waals surface area contributed by atoms with Gasteiger partial charge in [0.05, 0.1) is 17.5 Å². The van der Waals surface area contributed by atoms with E-state index in [1.165, 1.54) is 0 Å². The second-order valence-corrected chi connectivity index (χ2v) is 6.55. The molecule has 144 valence electrons. The van der Waals surface area contributed by atoms with Crippen molar-refractivity contribution in [1.29, 1.82) is 5.41 Å². The summed E-state index contributed by atoms with van der Waals surface area (Å²) in [6.45, 7) is 2.32. The van der Waals surface area contributed by atoms with Gasteiger partial charge in [-0.1, -0.05) is 48.6 Å². The second-order valence-electron chi connectivity index (χ2n) is 6.55. The largest absolute Gasteiger partial charge is 0.489 e. The molecule has 1 atom stereocenters. The molecule has 5 nitrogen and oxygen atoms in total. The maximum Gasteiger partial charge on any atom is 0.120 e. The zero-order valence-corrected chi connectivity index (χ0v) is 15.9. The van der Waals surface area contributed by atoms with E-state index < -0.39 is 6.10 Å². The molecular formula is C23H25N3O2. The van der Waals surface area contributed by atoms with Gasteiger partial charge >= 0.3 is 0 Å². The third-order valence-electron chi connectivity index (χ3n) is 4.46. The predicted octanol–water partition coefficient (Wildman–Crippen LogP) is 3.91. The van der Waals surface area contributed by atoms with E-state index in [0.29, 0.717) is 35.7 Å². The fourth-order valence-corrected chi connectivity index (χ4v) is 2.86. The topological polar surface area (TPSA) is 91.4 Å². The van der Waals surface area contributed by atoms with Crippen LogP contribution in [-0.2, 0) is 6.61 Å². The van der Waals surface area contributed by atoms with Crippen molar-refractivity contribution in [3.05, 3.63) is 95.4 Å². The molecule has 0 saturated carbocycles. The molecule has 0 fully saturated rings. The number of aliphatic hydroxyl groups is 1. The van der Waals surface area contributed by atoms with Gasteiger partial charge in [-0.2, -0.15) is 0 Å². The van der Waals surface area contributed by atoms with Gasteiger partial charge in [-0.25, -0.2) is 0 Å². The van der Waals surface area contributed by atoms with E-state index in [4.69, 9.17) is 15.9 Å². The van der Waals surface area contributed by atoms with Crippen LogP contribution in [0, 0.1) is 5.41 Å². The Labute approximate surface area is 165 Å². The fraction of sp³-hybridized carbons (Fsp3) is 0.174. The summed E-state index contributed by atoms with van der Waals surface area (Å²) in [7, 11) is 0. The van der Waals surface area contributed by atoms with Crippen LogP contribution in [0.15, 0.2) is 84.2 Å². The number of benzene rings is 2. The van der Waals surface area contributed by atoms with Crippen LogP contribution in [0.3, 0.4) is 0 Å². The Morgan fingerprint density at radius 2 is 2.07 bits per heavy atom. The van der Waals surface area contributed by atoms with E-state index in [1.54, 1.807) is 18.2 Å². The molecule has 5 N–H and O–H groups in total. The number of nitrogens with one attached hydrogen (secondary N) is 2. The minimum Gasteiger partial charge on any atom is -0.489 e. The highest BCUT2D eigenvalue weighted by Crippen LogP contribution is 2.23. The number of hydrogen-bond donors (Lipinski definition) is 4. The Bertz CT molecular complexity index is 930. The monoisotopic (exact) mass is 375 g/mol. The maximum atomic E-state index is 9.56. The van der Waals surface area contributed by atoms with E-state index in [2.05, 4.69) is 5.32 Å². The van der Waals surface area contributed by atoms with Gasteiger partial charge in [0, 0.05) is 16.9 Å². The van der Waals surface area contributed by atoms with Crippen LogP contribution >= 0.6 is 0 Å². The number of anilines is 1. The highest BCUT2D eigenvalue weighted by Gasteiger charge is 2.14. The Balaban J connectivity index is 1.73. The van der Waals surface area contributed by atoms with Crippen LogP contribution in [0.25, 0.3) is 0 Å². The minimum atomic E-state index is -0.451. The summed E-state index contributed by atoms with van der Waals surface area (Å²) < 4.78 is 5.87. The minimum absolute atomic E-state index is 0.283. The van der Waals surface area contributed by atoms with Crippen LogP contribution in [0.4, 0.5) is 5.69 Å². The van der Waals surface area contributed by atoms with Gasteiger partial charge in [0.15, 0.2) is 0 Å². The first kappa shape index (κ1) is 19.5. The van der Waals surface area contributed by atoms with E-state index in [0.717, 1.165) is 11.3 Å². The summed E-state index contributed by atoms with van der Waals surface area (Å²) in [5.74, 6) is 0.660. The molecule has 0 amide bonds. The average molecular weight is 375 g/mol. The number of aliphatic hydroxyl groups excluding tert-OH is 1. The van der Waals surface area contributed by atoms with Crippen LogP contribution in [-0.4, -0.2) is 16.9 Å². The molecule has 0 spiro atoms. The van der Waals surface area contributed by atoms with E-state index in [1.807, 2.05) is 61.5 Å². The molecule has 5 heteroatoms. The molecule has 1 aliphatic rings. The first-order chi connectivity index (χ1) is 13.6. The molecule has 3 rings (SSSR count). The molecule has 0 saturated heterocycles. The van der Waals surface area contributed by atoms with Crippen LogP contribution < -0.4 is 15.8 Å². The smallest absolute Gasteiger partial charge is 0.120 e. The number of nitrogens with two attached hydrogens (primary N) is 1. The van der Waals surface area contributed by atoms with Crippen LogP contribution in [0.1, 0.15) is 24.5 Å². The molecule has 1 unspecified atom stereocenters. The predicted molar refractivity (Wildman–Crippen MR) is 113 cm³/mol. The lowest BCUT2D eigenvalue weighted by molar-refractivity contribution is 0.225. The molecule has 0 aliphatic heterocycles. The first-order valence-corrected chi connectivity index (χ1v) is 9.22. The molecule has 1 aliphatic carbocycles. The third kappa shape index (κ3) is 4.90. The molecule has 0 radical (unpaired) electrons. The molecule has 0 aromatic heterocycles. The van der Waals surface area contributed by atoms with E-state index in [9.17, 15) is 5.11 Å². The third-order valence-corrected chi connectivity index (χ3v) is 4.46. The first-order valence-electron chi connectivity index (χ1n) is 9.22. The van der Waals surface area contributed by atoms with Gasteiger partial charge in [0.25, 0.3) is 0 Å². The number of hydrogen-bond acceptors (Lipinski definition) is 5. The SMILES string of the molecule is C/C=C(\NC1=CCC(O)C=C1)C(=N)c1cc(OCc2ccccc2)ccc1N. The lowest BCUT2D eigenvalue weighted by Gasteiger charge is -2.18. The summed E-state index contributed by atoms with van der Waals surface area (Å²) in [5, 5.41) is 21.4. The molecule has 28 heavy (non-hydrogen) atoms. The fourth-order valence-electron chi connectivity index (χ4n) is 2.86. The van der Waals surface area contributed by atoms with Gasteiger partial charge in [-0.05, 0) is 43.2 Å². The number of nitrogen functional groups attached to an aromatic ring is 1. The quantitative estimate of drug-likeness (QED) is 0.436. The Hall–Kier alpha value is -3.31. The van der Waals surface area contributed by atoms with Crippen molar-refractivity contribution in [3.63, 3.8) is 0 Å². The van der Waals surface area contributed by atoms with Crippen molar-refractivity contribution < 1.29 is 9.84 Å². The van der Waals surface area contributed by atoms with Gasteiger partial charge in [0.1, 0.15) is 12.4 Å². The van der Waals surface area contributed by atoms with Crippen LogP contribution in [0.2, 0.25) is 0 Å². The molecule has 0 heterocycles. The van der Waals surface area contributed by atoms with Gasteiger partial charge in [0.2, 0.25) is 0 Å². The highest BCUT2D eigenvalue weighted by atomic mass is 16.5.